The summed E-state index contributed by atoms with van der Waals surface area (Å²) < 4.78 is 0. The minimum absolute atomic E-state index is 0.194. The van der Waals surface area contributed by atoms with Crippen LogP contribution in [0.25, 0.3) is 0 Å². The normalized spacial score (nSPS) is 51.5. The fourth-order valence-corrected chi connectivity index (χ4v) is 9.48. The van der Waals surface area contributed by atoms with Crippen molar-refractivity contribution in [1.82, 2.24) is 0 Å². The standard InChI is InChI=1S/C26H44O4/c1-5-17-21-14-16(27)10-12-26(21,4)20-11-13-25(3)18(15(2)6-9-22(28)29)7-8-19(25)23(20)24(17)30/h15-21,23-24,27,30H,5-14H2,1-4H3,(H,28,29)/t15-,16?,17-,18-,19+,20+,21?,23+,24-,25-,26-/m1/s1. The molecule has 0 aromatic rings. The Kier molecular flexibility index (Phi) is 6.07. The van der Waals surface area contributed by atoms with Gasteiger partial charge in [0, 0.05) is 6.42 Å². The average molecular weight is 421 g/mol. The van der Waals surface area contributed by atoms with Crippen LogP contribution in [0.4, 0.5) is 0 Å². The molecule has 0 heterocycles. The molecule has 4 nitrogen and oxygen atoms in total. The number of carbonyl (C=O) groups is 1. The van der Waals surface area contributed by atoms with Gasteiger partial charge in [0.05, 0.1) is 12.2 Å². The monoisotopic (exact) mass is 420 g/mol. The summed E-state index contributed by atoms with van der Waals surface area (Å²) in [5.41, 5.74) is 0.480. The van der Waals surface area contributed by atoms with Crippen molar-refractivity contribution >= 4 is 5.97 Å². The molecule has 0 saturated heterocycles. The van der Waals surface area contributed by atoms with E-state index in [1.165, 1.54) is 25.7 Å². The van der Waals surface area contributed by atoms with Gasteiger partial charge in [0.1, 0.15) is 0 Å². The minimum Gasteiger partial charge on any atom is -0.481 e. The molecule has 4 fully saturated rings. The van der Waals surface area contributed by atoms with Gasteiger partial charge in [-0.25, -0.2) is 0 Å². The molecule has 4 heteroatoms. The smallest absolute Gasteiger partial charge is 0.303 e. The first kappa shape index (κ1) is 22.6. The number of aliphatic hydroxyl groups is 2. The van der Waals surface area contributed by atoms with E-state index in [1.807, 2.05) is 0 Å². The zero-order valence-electron chi connectivity index (χ0n) is 19.5. The van der Waals surface area contributed by atoms with Crippen molar-refractivity contribution in [2.24, 2.45) is 52.3 Å². The Morgan fingerprint density at radius 1 is 1.00 bits per heavy atom. The van der Waals surface area contributed by atoms with E-state index in [0.717, 1.165) is 32.1 Å². The molecule has 4 aliphatic carbocycles. The van der Waals surface area contributed by atoms with E-state index >= 15 is 0 Å². The van der Waals surface area contributed by atoms with E-state index in [4.69, 9.17) is 5.11 Å². The van der Waals surface area contributed by atoms with Gasteiger partial charge in [-0.3, -0.25) is 4.79 Å². The molecule has 3 N–H and O–H groups in total. The largest absolute Gasteiger partial charge is 0.481 e. The second-order valence-corrected chi connectivity index (χ2v) is 12.0. The Labute approximate surface area is 182 Å². The number of hydrogen-bond donors (Lipinski definition) is 3. The van der Waals surface area contributed by atoms with Crippen LogP contribution in [0.15, 0.2) is 0 Å². The third kappa shape index (κ3) is 3.36. The molecule has 4 saturated carbocycles. The topological polar surface area (TPSA) is 77.8 Å². The van der Waals surface area contributed by atoms with Crippen molar-refractivity contribution < 1.29 is 20.1 Å². The number of rotatable bonds is 5. The number of carboxylic acids is 1. The van der Waals surface area contributed by atoms with Crippen molar-refractivity contribution in [3.8, 4) is 0 Å². The van der Waals surface area contributed by atoms with Crippen LogP contribution in [-0.2, 0) is 4.79 Å². The maximum Gasteiger partial charge on any atom is 0.303 e. The molecule has 0 aliphatic heterocycles. The number of hydrogen-bond acceptors (Lipinski definition) is 3. The summed E-state index contributed by atoms with van der Waals surface area (Å²) in [6, 6.07) is 0. The molecule has 0 bridgehead atoms. The average Bonchev–Trinajstić information content (AvgIpc) is 3.05. The SMILES string of the molecule is CC[C@@H]1C2CC(O)CC[C@]2(C)[C@H]2CC[C@]3(C)[C@@H]([C@H](C)CCC(=O)O)CC[C@H]3[C@@H]2[C@@H]1O. The maximum atomic E-state index is 11.7. The van der Waals surface area contributed by atoms with Crippen molar-refractivity contribution in [2.75, 3.05) is 0 Å². The Morgan fingerprint density at radius 3 is 2.33 bits per heavy atom. The van der Waals surface area contributed by atoms with Gasteiger partial charge in [0.2, 0.25) is 0 Å². The number of carboxylic acid groups (broad SMARTS) is 1. The highest BCUT2D eigenvalue weighted by atomic mass is 16.4. The van der Waals surface area contributed by atoms with Crippen molar-refractivity contribution in [3.63, 3.8) is 0 Å². The summed E-state index contributed by atoms with van der Waals surface area (Å²) in [6.07, 6.45) is 9.27. The van der Waals surface area contributed by atoms with Gasteiger partial charge in [0.25, 0.3) is 0 Å². The summed E-state index contributed by atoms with van der Waals surface area (Å²) in [7, 11) is 0. The summed E-state index contributed by atoms with van der Waals surface area (Å²) in [5, 5.41) is 31.3. The summed E-state index contributed by atoms with van der Waals surface area (Å²) in [5.74, 6) is 2.58. The van der Waals surface area contributed by atoms with Crippen molar-refractivity contribution in [2.45, 2.75) is 104 Å². The molecular weight excluding hydrogens is 376 g/mol. The van der Waals surface area contributed by atoms with Gasteiger partial charge in [-0.05, 0) is 104 Å². The predicted molar refractivity (Wildman–Crippen MR) is 118 cm³/mol. The van der Waals surface area contributed by atoms with E-state index in [-0.39, 0.29) is 29.5 Å². The number of aliphatic hydroxyl groups excluding tert-OH is 2. The maximum absolute atomic E-state index is 11.7. The van der Waals surface area contributed by atoms with Crippen LogP contribution in [0.1, 0.15) is 91.9 Å². The molecule has 0 aromatic carbocycles. The second-order valence-electron chi connectivity index (χ2n) is 12.0. The number of fused-ring (bicyclic) bond motifs is 5. The van der Waals surface area contributed by atoms with Crippen LogP contribution in [0.5, 0.6) is 0 Å². The van der Waals surface area contributed by atoms with Crippen LogP contribution < -0.4 is 0 Å². The van der Waals surface area contributed by atoms with Crippen LogP contribution in [0.2, 0.25) is 0 Å². The van der Waals surface area contributed by atoms with E-state index in [2.05, 4.69) is 27.7 Å². The Morgan fingerprint density at radius 2 is 1.67 bits per heavy atom. The van der Waals surface area contributed by atoms with Gasteiger partial charge >= 0.3 is 5.97 Å². The highest BCUT2D eigenvalue weighted by molar-refractivity contribution is 5.66. The van der Waals surface area contributed by atoms with Gasteiger partial charge in [-0.15, -0.1) is 0 Å². The van der Waals surface area contributed by atoms with Crippen molar-refractivity contribution in [1.29, 1.82) is 0 Å². The van der Waals surface area contributed by atoms with Gasteiger partial charge in [-0.1, -0.05) is 34.1 Å². The van der Waals surface area contributed by atoms with Gasteiger partial charge in [-0.2, -0.15) is 0 Å². The molecule has 0 spiro atoms. The third-order valence-corrected chi connectivity index (χ3v) is 11.0. The van der Waals surface area contributed by atoms with Crippen molar-refractivity contribution in [3.05, 3.63) is 0 Å². The molecule has 4 rings (SSSR count). The fraction of sp³-hybridized carbons (Fsp3) is 0.962. The molecule has 0 aromatic heterocycles. The lowest BCUT2D eigenvalue weighted by atomic mass is 9.41. The Hall–Kier alpha value is -0.610. The molecule has 4 aliphatic rings. The highest BCUT2D eigenvalue weighted by Crippen LogP contribution is 2.69. The minimum atomic E-state index is -0.683. The van der Waals surface area contributed by atoms with Gasteiger partial charge < -0.3 is 15.3 Å². The molecule has 172 valence electrons. The second kappa shape index (κ2) is 8.06. The summed E-state index contributed by atoms with van der Waals surface area (Å²) in [4.78, 5) is 11.1. The van der Waals surface area contributed by atoms with Gasteiger partial charge in [0.15, 0.2) is 0 Å². The van der Waals surface area contributed by atoms with E-state index in [9.17, 15) is 15.0 Å². The van der Waals surface area contributed by atoms with Crippen LogP contribution >= 0.6 is 0 Å². The van der Waals surface area contributed by atoms with E-state index in [1.54, 1.807) is 0 Å². The summed E-state index contributed by atoms with van der Waals surface area (Å²) >= 11 is 0. The Bertz CT molecular complexity index is 649. The molecule has 0 radical (unpaired) electrons. The predicted octanol–water partition coefficient (Wildman–Crippen LogP) is 5.11. The van der Waals surface area contributed by atoms with Crippen LogP contribution in [-0.4, -0.2) is 33.5 Å². The quantitative estimate of drug-likeness (QED) is 0.577. The fourth-order valence-electron chi connectivity index (χ4n) is 9.48. The lowest BCUT2D eigenvalue weighted by molar-refractivity contribution is -0.203. The molecule has 0 amide bonds. The highest BCUT2D eigenvalue weighted by Gasteiger charge is 2.64. The lowest BCUT2D eigenvalue weighted by Gasteiger charge is -2.64. The Balaban J connectivity index is 1.61. The zero-order chi connectivity index (χ0) is 21.8. The molecule has 11 atom stereocenters. The first-order valence-corrected chi connectivity index (χ1v) is 12.7. The van der Waals surface area contributed by atoms with Crippen LogP contribution in [0.3, 0.4) is 0 Å². The first-order chi connectivity index (χ1) is 14.1. The zero-order valence-corrected chi connectivity index (χ0v) is 19.5. The first-order valence-electron chi connectivity index (χ1n) is 12.7. The molecule has 30 heavy (non-hydrogen) atoms. The third-order valence-electron chi connectivity index (χ3n) is 11.0. The molecular formula is C26H44O4. The van der Waals surface area contributed by atoms with E-state index < -0.39 is 5.97 Å². The van der Waals surface area contributed by atoms with Crippen LogP contribution in [0, 0.1) is 52.3 Å². The summed E-state index contributed by atoms with van der Waals surface area (Å²) in [6.45, 7) is 9.44. The lowest BCUT2D eigenvalue weighted by Crippen LogP contribution is -2.62. The molecule has 2 unspecified atom stereocenters. The number of aliphatic carboxylic acids is 1. The van der Waals surface area contributed by atoms with E-state index in [0.29, 0.717) is 41.4 Å².